The van der Waals surface area contributed by atoms with Crippen molar-refractivity contribution in [3.63, 3.8) is 0 Å². The lowest BCUT2D eigenvalue weighted by molar-refractivity contribution is -0.122. The van der Waals surface area contributed by atoms with Crippen LogP contribution in [0.2, 0.25) is 10.0 Å². The van der Waals surface area contributed by atoms with Crippen molar-refractivity contribution < 1.29 is 31.5 Å². The number of carbonyl (C=O) groups is 1. The summed E-state index contributed by atoms with van der Waals surface area (Å²) in [5.74, 6) is -0.221. The fraction of sp³-hybridized carbons (Fsp3) is 0.360. The number of amides is 1. The third-order valence-electron chi connectivity index (χ3n) is 6.69. The highest BCUT2D eigenvalue weighted by Gasteiger charge is 2.47. The smallest absolute Gasteiger partial charge is 0.349 e. The van der Waals surface area contributed by atoms with E-state index in [4.69, 9.17) is 32.7 Å². The summed E-state index contributed by atoms with van der Waals surface area (Å²) in [6, 6.07) is 6.25. The number of nitrogens with one attached hydrogen (secondary N) is 3. The maximum absolute atomic E-state index is 13.4. The molecule has 2 aliphatic rings. The van der Waals surface area contributed by atoms with Gasteiger partial charge in [0.05, 0.1) is 28.4 Å². The molecule has 3 aromatic rings. The van der Waals surface area contributed by atoms with Crippen LogP contribution in [0, 0.1) is 5.92 Å². The summed E-state index contributed by atoms with van der Waals surface area (Å²) >= 11 is 12.7. The van der Waals surface area contributed by atoms with Gasteiger partial charge in [-0.25, -0.2) is 26.7 Å². The van der Waals surface area contributed by atoms with Crippen LogP contribution in [0.3, 0.4) is 0 Å². The van der Waals surface area contributed by atoms with E-state index in [1.807, 2.05) is 0 Å². The minimum atomic E-state index is -4.16. The summed E-state index contributed by atoms with van der Waals surface area (Å²) in [5, 5.41) is 5.85. The van der Waals surface area contributed by atoms with Gasteiger partial charge >= 0.3 is 5.69 Å². The molecule has 1 amide bonds. The number of sulfonamides is 1. The molecule has 3 N–H and O–H groups in total. The molecule has 42 heavy (non-hydrogen) atoms. The molecule has 0 aliphatic heterocycles. The van der Waals surface area contributed by atoms with Crippen molar-refractivity contribution in [2.75, 3.05) is 13.7 Å². The number of carbonyl (C=O) groups excluding carboxylic acids is 1. The molecular formula is C25H23Cl2F2N5O7S. The lowest BCUT2D eigenvalue weighted by atomic mass is 10.3. The topological polar surface area (TPSA) is 161 Å². The SMILES string of the molecule is COc1ccc(Oc2c(Cl)cc(-n3nc(C(F)F)c(=O)[nH]c3=O)cc2Cl)cc1S(=O)(=O)NC1(CNC(=O)C2CC2)CC1. The van der Waals surface area contributed by atoms with Crippen LogP contribution in [-0.2, 0) is 14.8 Å². The standard InChI is InChI=1S/C25H23Cl2F2N5O7S/c1-40-17-5-4-14(10-18(17)42(38,39)33-25(6-7-25)11-30-22(35)12-2-3-12)41-20-15(26)8-13(9-16(20)27)34-24(37)31-23(36)19(32-34)21(28)29/h4-5,8-10,12,21,33H,2-3,6-7,11H2,1H3,(H,30,35)(H,31,36,37). The Balaban J connectivity index is 1.40. The number of halogens is 4. The minimum Gasteiger partial charge on any atom is -0.495 e. The zero-order chi connectivity index (χ0) is 30.4. The van der Waals surface area contributed by atoms with E-state index >= 15 is 0 Å². The highest BCUT2D eigenvalue weighted by atomic mass is 35.5. The molecule has 5 rings (SSSR count). The summed E-state index contributed by atoms with van der Waals surface area (Å²) < 4.78 is 67.3. The van der Waals surface area contributed by atoms with Crippen molar-refractivity contribution in [1.82, 2.24) is 24.8 Å². The van der Waals surface area contributed by atoms with Crippen molar-refractivity contribution in [3.8, 4) is 22.9 Å². The molecule has 2 aromatic carbocycles. The van der Waals surface area contributed by atoms with Crippen LogP contribution in [0.25, 0.3) is 5.69 Å². The Morgan fingerprint density at radius 1 is 1.19 bits per heavy atom. The van der Waals surface area contributed by atoms with Gasteiger partial charge in [-0.1, -0.05) is 23.2 Å². The first-order valence-corrected chi connectivity index (χ1v) is 14.7. The van der Waals surface area contributed by atoms with E-state index < -0.39 is 38.9 Å². The molecule has 1 heterocycles. The molecular weight excluding hydrogens is 623 g/mol. The van der Waals surface area contributed by atoms with Crippen LogP contribution in [0.5, 0.6) is 17.2 Å². The number of methoxy groups -OCH3 is 1. The summed E-state index contributed by atoms with van der Waals surface area (Å²) in [7, 11) is -2.85. The Kier molecular flexibility index (Phi) is 8.04. The average Bonchev–Trinajstić information content (AvgIpc) is 3.86. The van der Waals surface area contributed by atoms with Crippen LogP contribution in [-0.4, -0.2) is 48.3 Å². The zero-order valence-electron chi connectivity index (χ0n) is 21.7. The number of hydrogen-bond donors (Lipinski definition) is 3. The van der Waals surface area contributed by atoms with Crippen molar-refractivity contribution in [1.29, 1.82) is 0 Å². The number of alkyl halides is 2. The summed E-state index contributed by atoms with van der Waals surface area (Å²) in [5.41, 5.74) is -4.58. The molecule has 0 bridgehead atoms. The van der Waals surface area contributed by atoms with Crippen LogP contribution < -0.4 is 30.8 Å². The molecule has 0 atom stereocenters. The number of aromatic nitrogens is 3. The Bertz CT molecular complexity index is 1770. The highest BCUT2D eigenvalue weighted by Crippen LogP contribution is 2.41. The third kappa shape index (κ3) is 6.28. The van der Waals surface area contributed by atoms with E-state index in [1.54, 1.807) is 4.98 Å². The lowest BCUT2D eigenvalue weighted by Gasteiger charge is -2.20. The van der Waals surface area contributed by atoms with Gasteiger partial charge in [-0.15, -0.1) is 0 Å². The summed E-state index contributed by atoms with van der Waals surface area (Å²) in [6.45, 7) is 0.156. The van der Waals surface area contributed by atoms with Gasteiger partial charge in [0, 0.05) is 18.5 Å². The monoisotopic (exact) mass is 645 g/mol. The van der Waals surface area contributed by atoms with Gasteiger partial charge in [-0.2, -0.15) is 9.78 Å². The molecule has 0 unspecified atom stereocenters. The summed E-state index contributed by atoms with van der Waals surface area (Å²) in [6.07, 6.45) is -0.514. The molecule has 0 radical (unpaired) electrons. The minimum absolute atomic E-state index is 0.000993. The number of aromatic amines is 1. The van der Waals surface area contributed by atoms with Crippen LogP contribution >= 0.6 is 23.2 Å². The molecule has 12 nitrogen and oxygen atoms in total. The molecule has 0 saturated heterocycles. The molecule has 2 fully saturated rings. The molecule has 2 aliphatic carbocycles. The molecule has 17 heteroatoms. The van der Waals surface area contributed by atoms with Crippen molar-refractivity contribution in [2.24, 2.45) is 5.92 Å². The van der Waals surface area contributed by atoms with E-state index in [0.29, 0.717) is 17.5 Å². The number of nitrogens with zero attached hydrogens (tertiary/aromatic N) is 2. The number of ether oxygens (including phenoxy) is 2. The first kappa shape index (κ1) is 29.9. The second-order valence-corrected chi connectivity index (χ2v) is 12.4. The van der Waals surface area contributed by atoms with Crippen LogP contribution in [0.15, 0.2) is 44.8 Å². The lowest BCUT2D eigenvalue weighted by Crippen LogP contribution is -2.46. The molecule has 1 aromatic heterocycles. The Morgan fingerprint density at radius 2 is 1.86 bits per heavy atom. The average molecular weight is 646 g/mol. The second-order valence-electron chi connectivity index (χ2n) is 9.89. The quantitative estimate of drug-likeness (QED) is 0.286. The largest absolute Gasteiger partial charge is 0.495 e. The normalized spacial score (nSPS) is 15.9. The summed E-state index contributed by atoms with van der Waals surface area (Å²) in [4.78, 5) is 37.4. The van der Waals surface area contributed by atoms with Gasteiger partial charge in [-0.3, -0.25) is 14.6 Å². The Labute approximate surface area is 247 Å². The van der Waals surface area contributed by atoms with Crippen LogP contribution in [0.4, 0.5) is 8.78 Å². The van der Waals surface area contributed by atoms with E-state index in [-0.39, 0.29) is 56.2 Å². The second kappa shape index (κ2) is 11.3. The van der Waals surface area contributed by atoms with Crippen molar-refractivity contribution in [3.05, 3.63) is 66.9 Å². The van der Waals surface area contributed by atoms with Crippen molar-refractivity contribution >= 4 is 39.1 Å². The number of benzene rings is 2. The third-order valence-corrected chi connectivity index (χ3v) is 8.85. The number of rotatable bonds is 11. The Morgan fingerprint density at radius 3 is 2.43 bits per heavy atom. The van der Waals surface area contributed by atoms with E-state index in [9.17, 15) is 31.6 Å². The maximum Gasteiger partial charge on any atom is 0.349 e. The highest BCUT2D eigenvalue weighted by molar-refractivity contribution is 7.89. The van der Waals surface area contributed by atoms with Gasteiger partial charge in [0.15, 0.2) is 11.4 Å². The predicted octanol–water partition coefficient (Wildman–Crippen LogP) is 3.30. The fourth-order valence-electron chi connectivity index (χ4n) is 4.10. The first-order valence-electron chi connectivity index (χ1n) is 12.5. The number of H-pyrrole nitrogens is 1. The van der Waals surface area contributed by atoms with E-state index in [2.05, 4.69) is 15.1 Å². The fourth-order valence-corrected chi connectivity index (χ4v) is 6.29. The maximum atomic E-state index is 13.4. The molecule has 224 valence electrons. The van der Waals surface area contributed by atoms with Gasteiger partial charge < -0.3 is 14.8 Å². The molecule has 0 spiro atoms. The van der Waals surface area contributed by atoms with Gasteiger partial charge in [0.1, 0.15) is 16.4 Å². The predicted molar refractivity (Wildman–Crippen MR) is 147 cm³/mol. The van der Waals surface area contributed by atoms with E-state index in [0.717, 1.165) is 25.0 Å². The van der Waals surface area contributed by atoms with Crippen molar-refractivity contribution in [2.45, 2.75) is 42.5 Å². The van der Waals surface area contributed by atoms with E-state index in [1.165, 1.54) is 25.3 Å². The number of hydrogen-bond acceptors (Lipinski definition) is 8. The van der Waals surface area contributed by atoms with Crippen LogP contribution in [0.1, 0.15) is 37.8 Å². The van der Waals surface area contributed by atoms with Gasteiger partial charge in [-0.05, 0) is 49.9 Å². The Hall–Kier alpha value is -3.53. The van der Waals surface area contributed by atoms with Gasteiger partial charge in [0.25, 0.3) is 12.0 Å². The first-order chi connectivity index (χ1) is 19.8. The molecule has 2 saturated carbocycles. The zero-order valence-corrected chi connectivity index (χ0v) is 24.1. The van der Waals surface area contributed by atoms with Gasteiger partial charge in [0.2, 0.25) is 15.9 Å².